The summed E-state index contributed by atoms with van der Waals surface area (Å²) < 4.78 is 52.1. The molecule has 0 aliphatic heterocycles. The highest BCUT2D eigenvalue weighted by atomic mass is 19.4. The predicted molar refractivity (Wildman–Crippen MR) is 78.1 cm³/mol. The summed E-state index contributed by atoms with van der Waals surface area (Å²) in [5.74, 6) is -1.39. The number of halogens is 3. The Hall–Kier alpha value is -2.25. The van der Waals surface area contributed by atoms with E-state index in [2.05, 4.69) is 0 Å². The number of rotatable bonds is 5. The molecule has 0 aromatic heterocycles. The van der Waals surface area contributed by atoms with E-state index in [-0.39, 0.29) is 11.7 Å². The van der Waals surface area contributed by atoms with Gasteiger partial charge in [-0.2, -0.15) is 13.2 Å². The van der Waals surface area contributed by atoms with E-state index in [1.165, 1.54) is 0 Å². The molecule has 1 rings (SSSR count). The van der Waals surface area contributed by atoms with Gasteiger partial charge in [-0.15, -0.1) is 0 Å². The van der Waals surface area contributed by atoms with Gasteiger partial charge in [-0.3, -0.25) is 4.79 Å². The van der Waals surface area contributed by atoms with Crippen LogP contribution in [0.5, 0.6) is 5.75 Å². The molecule has 134 valence electrons. The van der Waals surface area contributed by atoms with Crippen LogP contribution in [0.2, 0.25) is 0 Å². The summed E-state index contributed by atoms with van der Waals surface area (Å²) in [6, 6.07) is 3.55. The number of carbonyl (C=O) groups is 2. The van der Waals surface area contributed by atoms with Gasteiger partial charge in [0, 0.05) is 5.92 Å². The second-order valence-electron chi connectivity index (χ2n) is 5.70. The molecule has 0 heterocycles. The predicted octanol–water partition coefficient (Wildman–Crippen LogP) is 4.40. The van der Waals surface area contributed by atoms with Gasteiger partial charge in [0.1, 0.15) is 5.75 Å². The highest BCUT2D eigenvalue weighted by molar-refractivity contribution is 5.72. The first-order chi connectivity index (χ1) is 11.0. The molecule has 0 aliphatic rings. The first kappa shape index (κ1) is 19.8. The average Bonchev–Trinajstić information content (AvgIpc) is 2.45. The maximum Gasteiger partial charge on any atom is 0.516 e. The smallest absolute Gasteiger partial charge is 0.425 e. The number of alkyl halides is 3. The Balaban J connectivity index is 2.67. The fourth-order valence-electron chi connectivity index (χ4n) is 1.47. The number of ether oxygens (including phenoxy) is 3. The third-order valence-electron chi connectivity index (χ3n) is 2.84. The molecule has 0 unspecified atom stereocenters. The molecule has 1 aromatic carbocycles. The van der Waals surface area contributed by atoms with Crippen molar-refractivity contribution in [3.05, 3.63) is 29.8 Å². The Morgan fingerprint density at radius 3 is 1.92 bits per heavy atom. The minimum atomic E-state index is -4.48. The van der Waals surface area contributed by atoms with Crippen LogP contribution in [0.4, 0.5) is 18.0 Å². The molecular weight excluding hydrogens is 329 g/mol. The minimum Gasteiger partial charge on any atom is -0.425 e. The lowest BCUT2D eigenvalue weighted by molar-refractivity contribution is -0.180. The van der Waals surface area contributed by atoms with Gasteiger partial charge in [0.2, 0.25) is 0 Å². The summed E-state index contributed by atoms with van der Waals surface area (Å²) in [5.41, 5.74) is -0.867. The Labute approximate surface area is 137 Å². The minimum absolute atomic E-state index is 0.120. The van der Waals surface area contributed by atoms with E-state index in [0.29, 0.717) is 0 Å². The summed E-state index contributed by atoms with van der Waals surface area (Å²) in [7, 11) is 0. The first-order valence-electron chi connectivity index (χ1n) is 7.27. The Morgan fingerprint density at radius 1 is 0.958 bits per heavy atom. The molecule has 0 radical (unpaired) electrons. The zero-order chi connectivity index (χ0) is 18.5. The van der Waals surface area contributed by atoms with Crippen molar-refractivity contribution in [2.75, 3.05) is 0 Å². The number of benzene rings is 1. The van der Waals surface area contributed by atoms with Crippen LogP contribution in [-0.2, 0) is 20.4 Å². The van der Waals surface area contributed by atoms with Crippen molar-refractivity contribution in [1.29, 1.82) is 0 Å². The molecule has 8 heteroatoms. The van der Waals surface area contributed by atoms with Crippen molar-refractivity contribution in [3.8, 4) is 5.75 Å². The molecule has 0 bridgehead atoms. The molecule has 0 saturated carbocycles. The van der Waals surface area contributed by atoms with Crippen molar-refractivity contribution >= 4 is 12.1 Å². The Bertz CT molecular complexity index is 564. The zero-order valence-electron chi connectivity index (χ0n) is 13.7. The van der Waals surface area contributed by atoms with Gasteiger partial charge in [-0.05, 0) is 24.3 Å². The van der Waals surface area contributed by atoms with E-state index in [1.54, 1.807) is 27.7 Å². The van der Waals surface area contributed by atoms with Crippen LogP contribution in [0.15, 0.2) is 24.3 Å². The van der Waals surface area contributed by atoms with Crippen LogP contribution in [0.3, 0.4) is 0 Å². The third-order valence-corrected chi connectivity index (χ3v) is 2.84. The lowest BCUT2D eigenvalue weighted by atomic mass is 10.2. The van der Waals surface area contributed by atoms with E-state index in [9.17, 15) is 22.8 Å². The third kappa shape index (κ3) is 6.10. The Morgan fingerprint density at radius 2 is 1.50 bits per heavy atom. The van der Waals surface area contributed by atoms with Crippen molar-refractivity contribution < 1.29 is 37.0 Å². The van der Waals surface area contributed by atoms with Crippen LogP contribution in [0.25, 0.3) is 0 Å². The second kappa shape index (κ2) is 8.03. The van der Waals surface area contributed by atoms with Crippen LogP contribution >= 0.6 is 0 Å². The van der Waals surface area contributed by atoms with Crippen LogP contribution < -0.4 is 4.74 Å². The first-order valence-corrected chi connectivity index (χ1v) is 7.27. The zero-order valence-corrected chi connectivity index (χ0v) is 13.7. The van der Waals surface area contributed by atoms with Crippen LogP contribution in [-0.4, -0.2) is 18.4 Å². The molecule has 0 fully saturated rings. The van der Waals surface area contributed by atoms with Gasteiger partial charge in [0.15, 0.2) is 0 Å². The van der Waals surface area contributed by atoms with Crippen LogP contribution in [0.1, 0.15) is 33.3 Å². The topological polar surface area (TPSA) is 61.8 Å². The standard InChI is InChI=1S/C16H19F3O5/c1-9(2)13(20)23-14(10(3)4)24-15(21)22-12-7-5-11(6-8-12)16(17,18)19/h5-10,14H,1-4H3/t14-/m0/s1. The molecule has 1 aromatic rings. The van der Waals surface area contributed by atoms with Gasteiger partial charge in [0.25, 0.3) is 6.29 Å². The lowest BCUT2D eigenvalue weighted by Gasteiger charge is -2.21. The van der Waals surface area contributed by atoms with Crippen molar-refractivity contribution in [2.24, 2.45) is 11.8 Å². The Kier molecular flexibility index (Phi) is 6.62. The van der Waals surface area contributed by atoms with Gasteiger partial charge in [-0.1, -0.05) is 27.7 Å². The summed E-state index contributed by atoms with van der Waals surface area (Å²) >= 11 is 0. The fraction of sp³-hybridized carbons (Fsp3) is 0.500. The van der Waals surface area contributed by atoms with Gasteiger partial charge in [0.05, 0.1) is 11.5 Å². The molecular formula is C16H19F3O5. The molecule has 0 saturated heterocycles. The maximum absolute atomic E-state index is 12.4. The van der Waals surface area contributed by atoms with Crippen molar-refractivity contribution in [1.82, 2.24) is 0 Å². The molecule has 0 aliphatic carbocycles. The molecule has 1 atom stereocenters. The molecule has 24 heavy (non-hydrogen) atoms. The van der Waals surface area contributed by atoms with Crippen LogP contribution in [0, 0.1) is 11.8 Å². The maximum atomic E-state index is 12.4. The normalized spacial score (nSPS) is 12.9. The monoisotopic (exact) mass is 348 g/mol. The average molecular weight is 348 g/mol. The largest absolute Gasteiger partial charge is 0.516 e. The summed E-state index contributed by atoms with van der Waals surface area (Å²) in [6.45, 7) is 6.59. The summed E-state index contributed by atoms with van der Waals surface area (Å²) in [4.78, 5) is 23.3. The lowest BCUT2D eigenvalue weighted by Crippen LogP contribution is -2.32. The molecule has 0 N–H and O–H groups in total. The SMILES string of the molecule is CC(C)C(=O)O[C@@H](OC(=O)Oc1ccc(C(F)(F)F)cc1)C(C)C. The highest BCUT2D eigenvalue weighted by Crippen LogP contribution is 2.30. The number of esters is 1. The van der Waals surface area contributed by atoms with Gasteiger partial charge in [-0.25, -0.2) is 4.79 Å². The van der Waals surface area contributed by atoms with E-state index < -0.39 is 36.1 Å². The number of carbonyl (C=O) groups excluding carboxylic acids is 2. The summed E-state index contributed by atoms with van der Waals surface area (Å²) in [6.07, 6.45) is -6.81. The van der Waals surface area contributed by atoms with Gasteiger partial charge >= 0.3 is 18.3 Å². The molecule has 0 amide bonds. The van der Waals surface area contributed by atoms with E-state index in [0.717, 1.165) is 24.3 Å². The molecule has 0 spiro atoms. The van der Waals surface area contributed by atoms with Gasteiger partial charge < -0.3 is 14.2 Å². The van der Waals surface area contributed by atoms with E-state index in [1.807, 2.05) is 0 Å². The molecule has 5 nitrogen and oxygen atoms in total. The van der Waals surface area contributed by atoms with E-state index >= 15 is 0 Å². The van der Waals surface area contributed by atoms with Crippen molar-refractivity contribution in [2.45, 2.75) is 40.2 Å². The number of hydrogen-bond donors (Lipinski definition) is 0. The second-order valence-corrected chi connectivity index (χ2v) is 5.70. The van der Waals surface area contributed by atoms with E-state index in [4.69, 9.17) is 14.2 Å². The fourth-order valence-corrected chi connectivity index (χ4v) is 1.47. The van der Waals surface area contributed by atoms with Crippen molar-refractivity contribution in [3.63, 3.8) is 0 Å². The number of hydrogen-bond acceptors (Lipinski definition) is 5. The summed E-state index contributed by atoms with van der Waals surface area (Å²) in [5, 5.41) is 0. The quantitative estimate of drug-likeness (QED) is 0.448. The highest BCUT2D eigenvalue weighted by Gasteiger charge is 2.30.